The molecule has 1 amide bonds. The predicted molar refractivity (Wildman–Crippen MR) is 142 cm³/mol. The van der Waals surface area contributed by atoms with Gasteiger partial charge in [0.1, 0.15) is 0 Å². The van der Waals surface area contributed by atoms with E-state index in [0.717, 1.165) is 16.8 Å². The first-order valence-electron chi connectivity index (χ1n) is 11.4. The van der Waals surface area contributed by atoms with Crippen molar-refractivity contribution in [2.45, 2.75) is 19.0 Å². The molecule has 9 heteroatoms. The smallest absolute Gasteiger partial charge is 0.250 e. The highest BCUT2D eigenvalue weighted by Gasteiger charge is 2.17. The number of hydrogen-bond acceptors (Lipinski definition) is 7. The first-order valence-corrected chi connectivity index (χ1v) is 12.4. The minimum Gasteiger partial charge on any atom is -0.493 e. The highest BCUT2D eigenvalue weighted by Crippen LogP contribution is 2.29. The lowest BCUT2D eigenvalue weighted by Gasteiger charge is -2.10. The Morgan fingerprint density at radius 2 is 1.83 bits per heavy atom. The van der Waals surface area contributed by atoms with E-state index in [0.29, 0.717) is 29.1 Å². The molecule has 184 valence electrons. The molecular weight excluding hydrogens is 474 g/mol. The van der Waals surface area contributed by atoms with Crippen molar-refractivity contribution in [1.82, 2.24) is 20.2 Å². The first-order chi connectivity index (χ1) is 17.6. The molecule has 4 aromatic rings. The Hall–Kier alpha value is -4.11. The second-order valence-corrected chi connectivity index (χ2v) is 8.71. The van der Waals surface area contributed by atoms with Crippen LogP contribution in [0.1, 0.15) is 18.1 Å². The van der Waals surface area contributed by atoms with Gasteiger partial charge in [0.15, 0.2) is 22.5 Å². The van der Waals surface area contributed by atoms with Gasteiger partial charge in [-0.25, -0.2) is 5.43 Å². The molecule has 0 fully saturated rings. The number of nitrogens with one attached hydrogen (secondary N) is 1. The van der Waals surface area contributed by atoms with Gasteiger partial charge in [0.05, 0.1) is 25.7 Å². The third kappa shape index (κ3) is 6.11. The molecule has 0 unspecified atom stereocenters. The molecule has 0 aliphatic carbocycles. The minimum absolute atomic E-state index is 0.128. The Bertz CT molecular complexity index is 1340. The topological polar surface area (TPSA) is 90.6 Å². The average Bonchev–Trinajstić information content (AvgIpc) is 3.33. The molecule has 0 aliphatic heterocycles. The summed E-state index contributed by atoms with van der Waals surface area (Å²) in [6.07, 6.45) is 1.56. The summed E-state index contributed by atoms with van der Waals surface area (Å²) in [5.74, 6) is 1.85. The molecule has 0 saturated carbocycles. The second kappa shape index (κ2) is 12.0. The molecule has 0 radical (unpaired) electrons. The van der Waals surface area contributed by atoms with E-state index in [1.807, 2.05) is 85.1 Å². The standard InChI is InChI=1S/C27H27N5O3S/c1-4-35-23-15-12-20(16-24(23)34-3)17-28-29-25(33)18-36-27-31-30-26(21-13-10-19(2)11-14-21)32(27)22-8-6-5-7-9-22/h5-17H,4,18H2,1-3H3,(H,29,33). The predicted octanol–water partition coefficient (Wildman–Crippen LogP) is 4.89. The fourth-order valence-electron chi connectivity index (χ4n) is 3.44. The lowest BCUT2D eigenvalue weighted by molar-refractivity contribution is -0.118. The molecule has 0 aliphatic rings. The van der Waals surface area contributed by atoms with E-state index in [-0.39, 0.29) is 11.7 Å². The van der Waals surface area contributed by atoms with Crippen molar-refractivity contribution in [1.29, 1.82) is 0 Å². The molecule has 1 aromatic heterocycles. The molecule has 36 heavy (non-hydrogen) atoms. The van der Waals surface area contributed by atoms with E-state index < -0.39 is 0 Å². The maximum atomic E-state index is 12.5. The van der Waals surface area contributed by atoms with E-state index in [2.05, 4.69) is 20.7 Å². The Balaban J connectivity index is 1.45. The summed E-state index contributed by atoms with van der Waals surface area (Å²) in [5.41, 5.74) is 6.37. The van der Waals surface area contributed by atoms with Crippen molar-refractivity contribution < 1.29 is 14.3 Å². The summed E-state index contributed by atoms with van der Waals surface area (Å²) in [4.78, 5) is 12.5. The largest absolute Gasteiger partial charge is 0.493 e. The van der Waals surface area contributed by atoms with Gasteiger partial charge >= 0.3 is 0 Å². The zero-order chi connectivity index (χ0) is 25.3. The number of carbonyl (C=O) groups is 1. The molecule has 0 saturated heterocycles. The Morgan fingerprint density at radius 3 is 2.56 bits per heavy atom. The van der Waals surface area contributed by atoms with Crippen molar-refractivity contribution in [3.05, 3.63) is 83.9 Å². The summed E-state index contributed by atoms with van der Waals surface area (Å²) >= 11 is 1.30. The van der Waals surface area contributed by atoms with Crippen LogP contribution in [-0.4, -0.2) is 46.4 Å². The van der Waals surface area contributed by atoms with Crippen molar-refractivity contribution in [3.63, 3.8) is 0 Å². The van der Waals surface area contributed by atoms with Crippen LogP contribution < -0.4 is 14.9 Å². The van der Waals surface area contributed by atoms with Gasteiger partial charge < -0.3 is 9.47 Å². The van der Waals surface area contributed by atoms with E-state index in [4.69, 9.17) is 9.47 Å². The third-order valence-electron chi connectivity index (χ3n) is 5.18. The monoisotopic (exact) mass is 501 g/mol. The fourth-order valence-corrected chi connectivity index (χ4v) is 4.19. The normalized spacial score (nSPS) is 11.0. The van der Waals surface area contributed by atoms with Crippen LogP contribution in [0.2, 0.25) is 0 Å². The van der Waals surface area contributed by atoms with E-state index in [1.165, 1.54) is 17.3 Å². The number of benzene rings is 3. The molecule has 0 spiro atoms. The van der Waals surface area contributed by atoms with Crippen LogP contribution in [0.15, 0.2) is 83.1 Å². The van der Waals surface area contributed by atoms with Gasteiger partial charge in [-0.3, -0.25) is 9.36 Å². The van der Waals surface area contributed by atoms with Crippen LogP contribution in [0.4, 0.5) is 0 Å². The average molecular weight is 502 g/mol. The van der Waals surface area contributed by atoms with Gasteiger partial charge in [0, 0.05) is 11.3 Å². The molecule has 1 N–H and O–H groups in total. The van der Waals surface area contributed by atoms with E-state index in [9.17, 15) is 4.79 Å². The molecule has 3 aromatic carbocycles. The lowest BCUT2D eigenvalue weighted by atomic mass is 10.1. The van der Waals surface area contributed by atoms with Crippen LogP contribution in [-0.2, 0) is 4.79 Å². The number of para-hydroxylation sites is 1. The summed E-state index contributed by atoms with van der Waals surface area (Å²) in [6, 6.07) is 23.4. The Kier molecular flexibility index (Phi) is 8.36. The number of amides is 1. The quantitative estimate of drug-likeness (QED) is 0.189. The maximum absolute atomic E-state index is 12.5. The van der Waals surface area contributed by atoms with Crippen LogP contribution in [0, 0.1) is 6.92 Å². The molecule has 0 bridgehead atoms. The Labute approximate surface area is 214 Å². The summed E-state index contributed by atoms with van der Waals surface area (Å²) in [5, 5.41) is 13.5. The molecular formula is C27H27N5O3S. The number of thioether (sulfide) groups is 1. The maximum Gasteiger partial charge on any atom is 0.250 e. The molecule has 0 atom stereocenters. The number of carbonyl (C=O) groups excluding carboxylic acids is 1. The molecule has 1 heterocycles. The van der Waals surface area contributed by atoms with Gasteiger partial charge in [-0.1, -0.05) is 59.8 Å². The third-order valence-corrected chi connectivity index (χ3v) is 6.11. The molecule has 8 nitrogen and oxygen atoms in total. The number of methoxy groups -OCH3 is 1. The van der Waals surface area contributed by atoms with Crippen molar-refractivity contribution in [2.75, 3.05) is 19.5 Å². The van der Waals surface area contributed by atoms with E-state index >= 15 is 0 Å². The highest BCUT2D eigenvalue weighted by molar-refractivity contribution is 7.99. The second-order valence-electron chi connectivity index (χ2n) is 7.77. The summed E-state index contributed by atoms with van der Waals surface area (Å²) < 4.78 is 12.8. The Morgan fingerprint density at radius 1 is 1.06 bits per heavy atom. The highest BCUT2D eigenvalue weighted by atomic mass is 32.2. The lowest BCUT2D eigenvalue weighted by Crippen LogP contribution is -2.20. The number of aryl methyl sites for hydroxylation is 1. The summed E-state index contributed by atoms with van der Waals surface area (Å²) in [6.45, 7) is 4.50. The number of hydrogen-bond donors (Lipinski definition) is 1. The SMILES string of the molecule is CCOc1ccc(C=NNC(=O)CSc2nnc(-c3ccc(C)cc3)n2-c2ccccc2)cc1OC. The van der Waals surface area contributed by atoms with Crippen molar-refractivity contribution in [3.8, 4) is 28.6 Å². The minimum atomic E-state index is -0.256. The number of rotatable bonds is 10. The number of nitrogens with zero attached hydrogens (tertiary/aromatic N) is 4. The number of aromatic nitrogens is 3. The molecule has 4 rings (SSSR count). The van der Waals surface area contributed by atoms with Crippen LogP contribution in [0.5, 0.6) is 11.5 Å². The fraction of sp³-hybridized carbons (Fsp3) is 0.185. The summed E-state index contributed by atoms with van der Waals surface area (Å²) in [7, 11) is 1.58. The van der Waals surface area contributed by atoms with Crippen LogP contribution in [0.25, 0.3) is 17.1 Å². The zero-order valence-electron chi connectivity index (χ0n) is 20.3. The van der Waals surface area contributed by atoms with Crippen molar-refractivity contribution in [2.24, 2.45) is 5.10 Å². The van der Waals surface area contributed by atoms with Crippen LogP contribution >= 0.6 is 11.8 Å². The van der Waals surface area contributed by atoms with Gasteiger partial charge in [-0.2, -0.15) is 5.10 Å². The zero-order valence-corrected chi connectivity index (χ0v) is 21.2. The van der Waals surface area contributed by atoms with Crippen molar-refractivity contribution >= 4 is 23.9 Å². The van der Waals surface area contributed by atoms with E-state index in [1.54, 1.807) is 19.4 Å². The van der Waals surface area contributed by atoms with Gasteiger partial charge in [-0.05, 0) is 49.7 Å². The van der Waals surface area contributed by atoms with Gasteiger partial charge in [0.25, 0.3) is 5.91 Å². The number of hydrazone groups is 1. The first kappa shape index (κ1) is 25.0. The van der Waals surface area contributed by atoms with Gasteiger partial charge in [-0.15, -0.1) is 10.2 Å². The number of ether oxygens (including phenoxy) is 2. The van der Waals surface area contributed by atoms with Gasteiger partial charge in [0.2, 0.25) is 0 Å². The van der Waals surface area contributed by atoms with Crippen LogP contribution in [0.3, 0.4) is 0 Å².